The van der Waals surface area contributed by atoms with Crippen molar-refractivity contribution in [1.82, 2.24) is 0 Å². The van der Waals surface area contributed by atoms with Gasteiger partial charge < -0.3 is 5.73 Å². The summed E-state index contributed by atoms with van der Waals surface area (Å²) in [5, 5.41) is 0. The standard InChI is InChI=1S/C14H14BrNS/c15-13-3-1-2-4-14(13)17-10-9-11-5-7-12(16)8-6-11/h1-8H,9-10,16H2. The van der Waals surface area contributed by atoms with Gasteiger partial charge in [0.1, 0.15) is 0 Å². The van der Waals surface area contributed by atoms with Gasteiger partial charge in [0.25, 0.3) is 0 Å². The number of halogens is 1. The molecule has 2 rings (SSSR count). The van der Waals surface area contributed by atoms with E-state index in [1.54, 1.807) is 0 Å². The van der Waals surface area contributed by atoms with Crippen molar-refractivity contribution in [3.63, 3.8) is 0 Å². The molecule has 2 aromatic carbocycles. The molecule has 88 valence electrons. The fourth-order valence-electron chi connectivity index (χ4n) is 1.52. The number of rotatable bonds is 4. The van der Waals surface area contributed by atoms with Crippen LogP contribution in [0.25, 0.3) is 0 Å². The van der Waals surface area contributed by atoms with Crippen LogP contribution in [0.4, 0.5) is 5.69 Å². The van der Waals surface area contributed by atoms with E-state index in [9.17, 15) is 0 Å². The van der Waals surface area contributed by atoms with Crippen LogP contribution in [0.5, 0.6) is 0 Å². The Bertz CT molecular complexity index is 482. The van der Waals surface area contributed by atoms with Crippen LogP contribution in [0.1, 0.15) is 5.56 Å². The highest BCUT2D eigenvalue weighted by molar-refractivity contribution is 9.10. The molecular formula is C14H14BrNS. The lowest BCUT2D eigenvalue weighted by molar-refractivity contribution is 1.15. The lowest BCUT2D eigenvalue weighted by atomic mass is 10.2. The van der Waals surface area contributed by atoms with E-state index in [-0.39, 0.29) is 0 Å². The molecule has 17 heavy (non-hydrogen) atoms. The Kier molecular flexibility index (Phi) is 4.51. The number of hydrogen-bond acceptors (Lipinski definition) is 2. The van der Waals surface area contributed by atoms with Gasteiger partial charge in [0.05, 0.1) is 0 Å². The van der Waals surface area contributed by atoms with Crippen LogP contribution < -0.4 is 5.73 Å². The summed E-state index contributed by atoms with van der Waals surface area (Å²) < 4.78 is 1.17. The summed E-state index contributed by atoms with van der Waals surface area (Å²) in [4.78, 5) is 1.29. The second-order valence-corrected chi connectivity index (χ2v) is 5.76. The molecule has 0 fully saturated rings. The van der Waals surface area contributed by atoms with Gasteiger partial charge in [-0.15, -0.1) is 11.8 Å². The highest BCUT2D eigenvalue weighted by Crippen LogP contribution is 2.27. The fourth-order valence-corrected chi connectivity index (χ4v) is 3.09. The zero-order valence-electron chi connectivity index (χ0n) is 9.40. The maximum Gasteiger partial charge on any atom is 0.0314 e. The van der Waals surface area contributed by atoms with Crippen molar-refractivity contribution in [3.8, 4) is 0 Å². The summed E-state index contributed by atoms with van der Waals surface area (Å²) in [6.45, 7) is 0. The summed E-state index contributed by atoms with van der Waals surface area (Å²) in [6, 6.07) is 16.4. The Labute approximate surface area is 115 Å². The maximum atomic E-state index is 5.65. The van der Waals surface area contributed by atoms with Crippen LogP contribution in [-0.4, -0.2) is 5.75 Å². The number of benzene rings is 2. The molecule has 2 aromatic rings. The van der Waals surface area contributed by atoms with Crippen molar-refractivity contribution in [2.24, 2.45) is 0 Å². The SMILES string of the molecule is Nc1ccc(CCSc2ccccc2Br)cc1. The van der Waals surface area contributed by atoms with Crippen LogP contribution in [0.3, 0.4) is 0 Å². The van der Waals surface area contributed by atoms with Crippen molar-refractivity contribution in [2.75, 3.05) is 11.5 Å². The minimum atomic E-state index is 0.826. The molecule has 0 aromatic heterocycles. The van der Waals surface area contributed by atoms with E-state index in [2.05, 4.69) is 46.3 Å². The molecule has 0 amide bonds. The first-order valence-electron chi connectivity index (χ1n) is 5.47. The van der Waals surface area contributed by atoms with Gasteiger partial charge in [-0.05, 0) is 52.2 Å². The number of thioether (sulfide) groups is 1. The third kappa shape index (κ3) is 3.79. The molecule has 0 bridgehead atoms. The minimum absolute atomic E-state index is 0.826. The molecule has 0 spiro atoms. The first-order valence-corrected chi connectivity index (χ1v) is 7.25. The van der Waals surface area contributed by atoms with E-state index >= 15 is 0 Å². The molecule has 3 heteroatoms. The normalized spacial score (nSPS) is 10.4. The third-order valence-electron chi connectivity index (χ3n) is 2.46. The monoisotopic (exact) mass is 307 g/mol. The maximum absolute atomic E-state index is 5.65. The zero-order valence-corrected chi connectivity index (χ0v) is 11.8. The molecule has 1 nitrogen and oxygen atoms in total. The lowest BCUT2D eigenvalue weighted by Gasteiger charge is -2.04. The Hall–Kier alpha value is -0.930. The van der Waals surface area contributed by atoms with Gasteiger partial charge in [-0.3, -0.25) is 0 Å². The number of nitrogens with two attached hydrogens (primary N) is 1. The van der Waals surface area contributed by atoms with Crippen molar-refractivity contribution in [2.45, 2.75) is 11.3 Å². The van der Waals surface area contributed by atoms with Gasteiger partial charge in [-0.2, -0.15) is 0 Å². The first kappa shape index (κ1) is 12.5. The van der Waals surface area contributed by atoms with Crippen molar-refractivity contribution in [1.29, 1.82) is 0 Å². The quantitative estimate of drug-likeness (QED) is 0.670. The number of aryl methyl sites for hydroxylation is 1. The third-order valence-corrected chi connectivity index (χ3v) is 4.49. The predicted molar refractivity (Wildman–Crippen MR) is 79.4 cm³/mol. The molecule has 0 aliphatic heterocycles. The van der Waals surface area contributed by atoms with Crippen molar-refractivity contribution >= 4 is 33.4 Å². The highest BCUT2D eigenvalue weighted by Gasteiger charge is 1.99. The summed E-state index contributed by atoms with van der Waals surface area (Å²) in [5.41, 5.74) is 7.81. The zero-order chi connectivity index (χ0) is 12.1. The van der Waals surface area contributed by atoms with E-state index in [0.717, 1.165) is 17.9 Å². The van der Waals surface area contributed by atoms with E-state index < -0.39 is 0 Å². The van der Waals surface area contributed by atoms with E-state index in [4.69, 9.17) is 5.73 Å². The molecule has 0 aliphatic carbocycles. The predicted octanol–water partition coefficient (Wildman–Crippen LogP) is 4.37. The number of nitrogen functional groups attached to an aromatic ring is 1. The van der Waals surface area contributed by atoms with Gasteiger partial charge in [0, 0.05) is 20.8 Å². The molecular weight excluding hydrogens is 294 g/mol. The van der Waals surface area contributed by atoms with Crippen LogP contribution in [0, 0.1) is 0 Å². The topological polar surface area (TPSA) is 26.0 Å². The van der Waals surface area contributed by atoms with Gasteiger partial charge in [-0.25, -0.2) is 0 Å². The molecule has 0 radical (unpaired) electrons. The van der Waals surface area contributed by atoms with E-state index in [0.29, 0.717) is 0 Å². The molecule has 0 heterocycles. The molecule has 0 atom stereocenters. The van der Waals surface area contributed by atoms with E-state index in [1.165, 1.54) is 14.9 Å². The largest absolute Gasteiger partial charge is 0.399 e. The Balaban J connectivity index is 1.88. The second kappa shape index (κ2) is 6.12. The fraction of sp³-hybridized carbons (Fsp3) is 0.143. The lowest BCUT2D eigenvalue weighted by Crippen LogP contribution is -1.90. The van der Waals surface area contributed by atoms with Crippen molar-refractivity contribution < 1.29 is 0 Å². The van der Waals surface area contributed by atoms with Gasteiger partial charge in [-0.1, -0.05) is 24.3 Å². The summed E-state index contributed by atoms with van der Waals surface area (Å²) in [5.74, 6) is 1.08. The van der Waals surface area contributed by atoms with Crippen LogP contribution in [-0.2, 0) is 6.42 Å². The first-order chi connectivity index (χ1) is 8.25. The Morgan fingerprint density at radius 1 is 1.00 bits per heavy atom. The van der Waals surface area contributed by atoms with Crippen LogP contribution >= 0.6 is 27.7 Å². The average molecular weight is 308 g/mol. The number of anilines is 1. The molecule has 0 unspecified atom stereocenters. The second-order valence-electron chi connectivity index (χ2n) is 3.77. The van der Waals surface area contributed by atoms with Gasteiger partial charge in [0.2, 0.25) is 0 Å². The van der Waals surface area contributed by atoms with Crippen molar-refractivity contribution in [3.05, 3.63) is 58.6 Å². The average Bonchev–Trinajstić information content (AvgIpc) is 2.34. The highest BCUT2D eigenvalue weighted by atomic mass is 79.9. The Morgan fingerprint density at radius 2 is 1.71 bits per heavy atom. The molecule has 0 saturated heterocycles. The summed E-state index contributed by atoms with van der Waals surface area (Å²) in [6.07, 6.45) is 1.06. The summed E-state index contributed by atoms with van der Waals surface area (Å²) >= 11 is 5.42. The van der Waals surface area contributed by atoms with E-state index in [1.807, 2.05) is 30.0 Å². The van der Waals surface area contributed by atoms with Crippen LogP contribution in [0.2, 0.25) is 0 Å². The number of hydrogen-bond donors (Lipinski definition) is 1. The molecule has 0 saturated carbocycles. The Morgan fingerprint density at radius 3 is 2.41 bits per heavy atom. The summed E-state index contributed by atoms with van der Waals surface area (Å²) in [7, 11) is 0. The van der Waals surface area contributed by atoms with Crippen LogP contribution in [0.15, 0.2) is 57.9 Å². The van der Waals surface area contributed by atoms with Gasteiger partial charge >= 0.3 is 0 Å². The molecule has 2 N–H and O–H groups in total. The smallest absolute Gasteiger partial charge is 0.0314 e. The minimum Gasteiger partial charge on any atom is -0.399 e. The molecule has 0 aliphatic rings. The van der Waals surface area contributed by atoms with Gasteiger partial charge in [0.15, 0.2) is 0 Å².